The minimum atomic E-state index is -0.0337. The summed E-state index contributed by atoms with van der Waals surface area (Å²) in [5.41, 5.74) is 10.8. The van der Waals surface area contributed by atoms with Gasteiger partial charge >= 0.3 is 0 Å². The maximum atomic E-state index is 3.87. The van der Waals surface area contributed by atoms with E-state index in [-0.39, 0.29) is 10.8 Å². The zero-order valence-corrected chi connectivity index (χ0v) is 24.7. The van der Waals surface area contributed by atoms with E-state index in [9.17, 15) is 0 Å². The third-order valence-electron chi connectivity index (χ3n) is 9.28. The van der Waals surface area contributed by atoms with Gasteiger partial charge in [0.2, 0.25) is 0 Å². The summed E-state index contributed by atoms with van der Waals surface area (Å²) in [6.45, 7) is 14.8. The highest BCUT2D eigenvalue weighted by Crippen LogP contribution is 2.38. The standard InChI is InChI=1S/C38H45N/c1-27-10-18-31(19-11-27)37(3,4)33-22-14-29(15-23-33)36(35-9-7-8-26-39-35)30-16-24-34(25-17-30)38(5,6)32-20-12-28(2)13-21-32/h10-25,35-36,39H,7-9,26H2,1-6H3. The van der Waals surface area contributed by atoms with Crippen LogP contribution in [0.25, 0.3) is 0 Å². The van der Waals surface area contributed by atoms with Crippen LogP contribution in [0.2, 0.25) is 0 Å². The third kappa shape index (κ3) is 5.75. The van der Waals surface area contributed by atoms with Crippen molar-refractivity contribution in [3.63, 3.8) is 0 Å². The number of aryl methyl sites for hydroxylation is 2. The topological polar surface area (TPSA) is 12.0 Å². The second-order valence-electron chi connectivity index (χ2n) is 12.8. The summed E-state index contributed by atoms with van der Waals surface area (Å²) in [4.78, 5) is 0. The molecule has 1 fully saturated rings. The number of hydrogen-bond acceptors (Lipinski definition) is 1. The third-order valence-corrected chi connectivity index (χ3v) is 9.28. The molecule has 0 bridgehead atoms. The molecule has 1 aliphatic rings. The van der Waals surface area contributed by atoms with E-state index >= 15 is 0 Å². The molecule has 1 saturated heterocycles. The largest absolute Gasteiger partial charge is 0.313 e. The van der Waals surface area contributed by atoms with E-state index in [1.807, 2.05) is 0 Å². The number of benzene rings is 4. The molecule has 39 heavy (non-hydrogen) atoms. The van der Waals surface area contributed by atoms with Crippen molar-refractivity contribution in [1.29, 1.82) is 0 Å². The summed E-state index contributed by atoms with van der Waals surface area (Å²) in [6.07, 6.45) is 3.79. The lowest BCUT2D eigenvalue weighted by atomic mass is 9.75. The Morgan fingerprint density at radius 1 is 0.538 bits per heavy atom. The molecule has 0 spiro atoms. The Balaban J connectivity index is 1.45. The Labute approximate surface area is 236 Å². The molecule has 0 aromatic heterocycles. The van der Waals surface area contributed by atoms with Gasteiger partial charge in [-0.2, -0.15) is 0 Å². The van der Waals surface area contributed by atoms with E-state index in [1.165, 1.54) is 63.8 Å². The first-order chi connectivity index (χ1) is 18.7. The number of rotatable bonds is 7. The number of hydrogen-bond donors (Lipinski definition) is 1. The Hall–Kier alpha value is -3.16. The first-order valence-electron chi connectivity index (χ1n) is 14.7. The first-order valence-corrected chi connectivity index (χ1v) is 14.7. The van der Waals surface area contributed by atoms with Crippen LogP contribution in [-0.2, 0) is 10.8 Å². The van der Waals surface area contributed by atoms with Crippen LogP contribution in [0.3, 0.4) is 0 Å². The Kier molecular flexibility index (Phi) is 7.83. The molecule has 0 saturated carbocycles. The van der Waals surface area contributed by atoms with Crippen LogP contribution in [0.15, 0.2) is 97.1 Å². The molecule has 0 amide bonds. The first kappa shape index (κ1) is 27.4. The maximum absolute atomic E-state index is 3.87. The lowest BCUT2D eigenvalue weighted by molar-refractivity contribution is 0.372. The summed E-state index contributed by atoms with van der Waals surface area (Å²) < 4.78 is 0. The van der Waals surface area contributed by atoms with Gasteiger partial charge in [-0.05, 0) is 66.6 Å². The van der Waals surface area contributed by atoms with Crippen molar-refractivity contribution in [2.24, 2.45) is 0 Å². The number of piperidine rings is 1. The van der Waals surface area contributed by atoms with Crippen molar-refractivity contribution in [3.05, 3.63) is 142 Å². The van der Waals surface area contributed by atoms with Crippen molar-refractivity contribution in [3.8, 4) is 0 Å². The summed E-state index contributed by atoms with van der Waals surface area (Å²) in [5.74, 6) is 0.346. The van der Waals surface area contributed by atoms with Gasteiger partial charge in [-0.1, -0.05) is 142 Å². The quantitative estimate of drug-likeness (QED) is 0.259. The molecule has 1 aliphatic heterocycles. The molecule has 4 aromatic rings. The molecule has 5 rings (SSSR count). The van der Waals surface area contributed by atoms with Crippen LogP contribution in [0.4, 0.5) is 0 Å². The molecule has 1 heterocycles. The van der Waals surface area contributed by atoms with Gasteiger partial charge in [-0.15, -0.1) is 0 Å². The highest BCUT2D eigenvalue weighted by Gasteiger charge is 2.29. The summed E-state index contributed by atoms with van der Waals surface area (Å²) >= 11 is 0. The van der Waals surface area contributed by atoms with Crippen molar-refractivity contribution in [2.75, 3.05) is 6.54 Å². The predicted molar refractivity (Wildman–Crippen MR) is 167 cm³/mol. The lowest BCUT2D eigenvalue weighted by Crippen LogP contribution is -2.39. The fourth-order valence-corrected chi connectivity index (χ4v) is 6.31. The van der Waals surface area contributed by atoms with E-state index in [0.717, 1.165) is 6.54 Å². The van der Waals surface area contributed by atoms with Gasteiger partial charge in [0, 0.05) is 22.8 Å². The van der Waals surface area contributed by atoms with Gasteiger partial charge in [-0.25, -0.2) is 0 Å². The molecular weight excluding hydrogens is 470 g/mol. The minimum absolute atomic E-state index is 0.0337. The van der Waals surface area contributed by atoms with Gasteiger partial charge in [0.1, 0.15) is 0 Å². The van der Waals surface area contributed by atoms with Crippen molar-refractivity contribution in [2.45, 2.75) is 83.6 Å². The van der Waals surface area contributed by atoms with Crippen molar-refractivity contribution >= 4 is 0 Å². The average molecular weight is 516 g/mol. The van der Waals surface area contributed by atoms with Crippen molar-refractivity contribution in [1.82, 2.24) is 5.32 Å². The summed E-state index contributed by atoms with van der Waals surface area (Å²) in [7, 11) is 0. The molecular formula is C38H45N. The highest BCUT2D eigenvalue weighted by molar-refractivity contribution is 5.45. The molecule has 1 atom stereocenters. The van der Waals surface area contributed by atoms with Crippen LogP contribution >= 0.6 is 0 Å². The molecule has 0 aliphatic carbocycles. The van der Waals surface area contributed by atoms with E-state index in [1.54, 1.807) is 0 Å². The SMILES string of the molecule is Cc1ccc(C(C)(C)c2ccc(C(c3ccc(C(C)(C)c4ccc(C)cc4)cc3)C3CCCCN3)cc2)cc1. The summed E-state index contributed by atoms with van der Waals surface area (Å²) in [6, 6.07) is 37.4. The molecule has 1 nitrogen and oxygen atoms in total. The van der Waals surface area contributed by atoms with Crippen LogP contribution < -0.4 is 5.32 Å². The van der Waals surface area contributed by atoms with Gasteiger partial charge < -0.3 is 5.32 Å². The average Bonchev–Trinajstić information content (AvgIpc) is 2.95. The summed E-state index contributed by atoms with van der Waals surface area (Å²) in [5, 5.41) is 3.87. The zero-order valence-electron chi connectivity index (χ0n) is 24.7. The van der Waals surface area contributed by atoms with Gasteiger partial charge in [0.05, 0.1) is 0 Å². The Morgan fingerprint density at radius 2 is 0.897 bits per heavy atom. The lowest BCUT2D eigenvalue weighted by Gasteiger charge is -2.33. The zero-order chi connectivity index (χ0) is 27.6. The van der Waals surface area contributed by atoms with Crippen molar-refractivity contribution < 1.29 is 0 Å². The minimum Gasteiger partial charge on any atom is -0.313 e. The fraction of sp³-hybridized carbons (Fsp3) is 0.368. The van der Waals surface area contributed by atoms with Gasteiger partial charge in [0.15, 0.2) is 0 Å². The van der Waals surface area contributed by atoms with Gasteiger partial charge in [-0.3, -0.25) is 0 Å². The second kappa shape index (κ2) is 11.1. The maximum Gasteiger partial charge on any atom is 0.0243 e. The Bertz CT molecular complexity index is 1250. The van der Waals surface area contributed by atoms with Crippen LogP contribution in [-0.4, -0.2) is 12.6 Å². The predicted octanol–water partition coefficient (Wildman–Crippen LogP) is 9.23. The second-order valence-corrected chi connectivity index (χ2v) is 12.8. The van der Waals surface area contributed by atoms with E-state index in [2.05, 4.69) is 144 Å². The van der Waals surface area contributed by atoms with Crippen LogP contribution in [0.5, 0.6) is 0 Å². The van der Waals surface area contributed by atoms with Crippen LogP contribution in [0.1, 0.15) is 97.4 Å². The molecule has 1 unspecified atom stereocenters. The molecule has 1 heteroatoms. The highest BCUT2D eigenvalue weighted by atomic mass is 14.9. The van der Waals surface area contributed by atoms with E-state index in [4.69, 9.17) is 0 Å². The molecule has 4 aromatic carbocycles. The monoisotopic (exact) mass is 515 g/mol. The molecule has 202 valence electrons. The molecule has 1 N–H and O–H groups in total. The van der Waals surface area contributed by atoms with E-state index < -0.39 is 0 Å². The Morgan fingerprint density at radius 3 is 1.23 bits per heavy atom. The van der Waals surface area contributed by atoms with Crippen LogP contribution in [0, 0.1) is 13.8 Å². The van der Waals surface area contributed by atoms with E-state index in [0.29, 0.717) is 12.0 Å². The number of nitrogens with one attached hydrogen (secondary N) is 1. The fourth-order valence-electron chi connectivity index (χ4n) is 6.31. The molecule has 0 radical (unpaired) electrons. The van der Waals surface area contributed by atoms with Gasteiger partial charge in [0.25, 0.3) is 0 Å². The normalized spacial score (nSPS) is 16.4. The smallest absolute Gasteiger partial charge is 0.0243 e.